The molecule has 2 N–H and O–H groups in total. The molecule has 19 heavy (non-hydrogen) atoms. The highest BCUT2D eigenvalue weighted by atomic mass is 35.5. The van der Waals surface area contributed by atoms with Crippen molar-refractivity contribution in [2.75, 3.05) is 29.5 Å². The van der Waals surface area contributed by atoms with E-state index >= 15 is 0 Å². The fourth-order valence-corrected chi connectivity index (χ4v) is 3.82. The zero-order chi connectivity index (χ0) is 14.0. The maximum atomic E-state index is 11.6. The van der Waals surface area contributed by atoms with E-state index in [1.807, 2.05) is 30.0 Å². The molecule has 106 valence electrons. The van der Waals surface area contributed by atoms with E-state index in [0.717, 1.165) is 17.8 Å². The molecule has 0 saturated carbocycles. The normalized spacial score (nSPS) is 20.9. The largest absolute Gasteiger partial charge is 0.369 e. The van der Waals surface area contributed by atoms with E-state index in [-0.39, 0.29) is 17.5 Å². The lowest BCUT2D eigenvalue weighted by Gasteiger charge is -2.24. The van der Waals surface area contributed by atoms with Gasteiger partial charge in [0.05, 0.1) is 22.2 Å². The fraction of sp³-hybridized carbons (Fsp3) is 0.538. The Morgan fingerprint density at radius 1 is 1.32 bits per heavy atom. The van der Waals surface area contributed by atoms with Crippen molar-refractivity contribution in [3.8, 4) is 0 Å². The van der Waals surface area contributed by atoms with Crippen molar-refractivity contribution in [3.05, 3.63) is 28.8 Å². The summed E-state index contributed by atoms with van der Waals surface area (Å²) in [6.45, 7) is 3.12. The van der Waals surface area contributed by atoms with Crippen LogP contribution >= 0.6 is 11.6 Å². The molecule has 1 aromatic rings. The number of hydrogen-bond acceptors (Lipinski definition) is 4. The summed E-state index contributed by atoms with van der Waals surface area (Å²) in [4.78, 5) is 2.04. The van der Waals surface area contributed by atoms with E-state index in [9.17, 15) is 8.42 Å². The summed E-state index contributed by atoms with van der Waals surface area (Å²) in [6.07, 6.45) is 0.647. The second kappa shape index (κ2) is 5.69. The Kier molecular flexibility index (Phi) is 4.38. The van der Waals surface area contributed by atoms with Crippen LogP contribution in [-0.2, 0) is 9.84 Å². The van der Waals surface area contributed by atoms with E-state index in [4.69, 9.17) is 17.3 Å². The number of nitrogens with two attached hydrogens (primary N) is 1. The lowest BCUT2D eigenvalue weighted by molar-refractivity contribution is 0.597. The van der Waals surface area contributed by atoms with Crippen molar-refractivity contribution in [2.45, 2.75) is 19.4 Å². The molecule has 1 aromatic carbocycles. The molecule has 1 unspecified atom stereocenters. The van der Waals surface area contributed by atoms with Crippen LogP contribution in [0.15, 0.2) is 18.2 Å². The number of anilines is 1. The summed E-state index contributed by atoms with van der Waals surface area (Å²) >= 11 is 6.28. The van der Waals surface area contributed by atoms with Gasteiger partial charge in [-0.3, -0.25) is 0 Å². The summed E-state index contributed by atoms with van der Waals surface area (Å²) in [6, 6.07) is 5.68. The predicted octanol–water partition coefficient (Wildman–Crippen LogP) is 1.98. The molecule has 0 radical (unpaired) electrons. The molecular formula is C13H19ClN2O2S. The van der Waals surface area contributed by atoms with Gasteiger partial charge in [0.15, 0.2) is 9.84 Å². The summed E-state index contributed by atoms with van der Waals surface area (Å²) in [5.41, 5.74) is 7.69. The molecule has 6 heteroatoms. The van der Waals surface area contributed by atoms with Crippen LogP contribution in [0, 0.1) is 0 Å². The molecule has 0 bridgehead atoms. The van der Waals surface area contributed by atoms with E-state index in [2.05, 4.69) is 0 Å². The fourth-order valence-electron chi connectivity index (χ4n) is 2.24. The minimum Gasteiger partial charge on any atom is -0.369 e. The van der Waals surface area contributed by atoms with Gasteiger partial charge in [0.25, 0.3) is 0 Å². The van der Waals surface area contributed by atoms with Gasteiger partial charge in [0.2, 0.25) is 0 Å². The number of halogens is 1. The summed E-state index contributed by atoms with van der Waals surface area (Å²) in [7, 11) is -2.90. The van der Waals surface area contributed by atoms with Crippen LogP contribution in [0.5, 0.6) is 0 Å². The first-order valence-corrected chi connectivity index (χ1v) is 8.59. The lowest BCUT2D eigenvalue weighted by Crippen LogP contribution is -2.27. The highest BCUT2D eigenvalue weighted by Gasteiger charge is 2.20. The van der Waals surface area contributed by atoms with Crippen molar-refractivity contribution in [1.29, 1.82) is 0 Å². The maximum Gasteiger partial charge on any atom is 0.152 e. The van der Waals surface area contributed by atoms with Gasteiger partial charge in [-0.25, -0.2) is 8.42 Å². The first-order chi connectivity index (χ1) is 8.89. The third kappa shape index (κ3) is 3.61. The van der Waals surface area contributed by atoms with Crippen molar-refractivity contribution < 1.29 is 8.42 Å². The Bertz CT molecular complexity index is 558. The second-order valence-corrected chi connectivity index (χ2v) is 7.70. The topological polar surface area (TPSA) is 63.4 Å². The number of hydrogen-bond donors (Lipinski definition) is 1. The summed E-state index contributed by atoms with van der Waals surface area (Å²) in [5.74, 6) is 0.456. The van der Waals surface area contributed by atoms with Crippen LogP contribution in [-0.4, -0.2) is 33.0 Å². The van der Waals surface area contributed by atoms with Gasteiger partial charge in [0, 0.05) is 19.1 Å². The molecule has 1 aliphatic heterocycles. The van der Waals surface area contributed by atoms with E-state index in [1.54, 1.807) is 0 Å². The first kappa shape index (κ1) is 14.6. The molecule has 1 fully saturated rings. The van der Waals surface area contributed by atoms with Crippen molar-refractivity contribution in [2.24, 2.45) is 5.73 Å². The quantitative estimate of drug-likeness (QED) is 0.907. The smallest absolute Gasteiger partial charge is 0.152 e. The molecule has 1 heterocycles. The highest BCUT2D eigenvalue weighted by Crippen LogP contribution is 2.29. The maximum absolute atomic E-state index is 11.6. The standard InChI is InChI=1S/C13H19ClN2O2S/c1-10(15)11-3-4-13(12(14)9-11)16-5-2-7-19(17,18)8-6-16/h3-4,9-10H,2,5-8,15H2,1H3. The number of sulfone groups is 1. The zero-order valence-electron chi connectivity index (χ0n) is 11.0. The Morgan fingerprint density at radius 3 is 2.68 bits per heavy atom. The molecule has 0 amide bonds. The molecular weight excluding hydrogens is 284 g/mol. The van der Waals surface area contributed by atoms with Gasteiger partial charge >= 0.3 is 0 Å². The average Bonchev–Trinajstić information content (AvgIpc) is 2.50. The van der Waals surface area contributed by atoms with Gasteiger partial charge in [-0.2, -0.15) is 0 Å². The second-order valence-electron chi connectivity index (χ2n) is 4.99. The molecule has 0 spiro atoms. The van der Waals surface area contributed by atoms with Crippen molar-refractivity contribution in [3.63, 3.8) is 0 Å². The van der Waals surface area contributed by atoms with Gasteiger partial charge in [0.1, 0.15) is 0 Å². The van der Waals surface area contributed by atoms with Crippen molar-refractivity contribution >= 4 is 27.1 Å². The van der Waals surface area contributed by atoms with E-state index in [1.165, 1.54) is 0 Å². The number of rotatable bonds is 2. The summed E-state index contributed by atoms with van der Waals surface area (Å²) < 4.78 is 23.2. The molecule has 2 rings (SSSR count). The van der Waals surface area contributed by atoms with E-state index in [0.29, 0.717) is 18.0 Å². The van der Waals surface area contributed by atoms with Crippen LogP contribution < -0.4 is 10.6 Å². The minimum absolute atomic E-state index is 0.0592. The lowest BCUT2D eigenvalue weighted by atomic mass is 10.1. The molecule has 4 nitrogen and oxygen atoms in total. The van der Waals surface area contributed by atoms with Gasteiger partial charge in [-0.1, -0.05) is 17.7 Å². The minimum atomic E-state index is -2.90. The van der Waals surface area contributed by atoms with Gasteiger partial charge < -0.3 is 10.6 Å². The van der Waals surface area contributed by atoms with Crippen LogP contribution in [0.25, 0.3) is 0 Å². The SMILES string of the molecule is CC(N)c1ccc(N2CCCS(=O)(=O)CC2)c(Cl)c1. The third-order valence-corrected chi connectivity index (χ3v) is 5.41. The Morgan fingerprint density at radius 2 is 2.05 bits per heavy atom. The molecule has 1 atom stereocenters. The summed E-state index contributed by atoms with van der Waals surface area (Å²) in [5, 5.41) is 0.633. The van der Waals surface area contributed by atoms with Crippen LogP contribution in [0.1, 0.15) is 24.9 Å². The first-order valence-electron chi connectivity index (χ1n) is 6.39. The van der Waals surface area contributed by atoms with Gasteiger partial charge in [-0.15, -0.1) is 0 Å². The Balaban J connectivity index is 2.22. The number of benzene rings is 1. The molecule has 0 aromatic heterocycles. The molecule has 1 saturated heterocycles. The Hall–Kier alpha value is -0.780. The van der Waals surface area contributed by atoms with Crippen LogP contribution in [0.2, 0.25) is 5.02 Å². The number of nitrogens with zero attached hydrogens (tertiary/aromatic N) is 1. The predicted molar refractivity (Wildman–Crippen MR) is 79.5 cm³/mol. The molecule has 0 aliphatic carbocycles. The zero-order valence-corrected chi connectivity index (χ0v) is 12.5. The van der Waals surface area contributed by atoms with E-state index < -0.39 is 9.84 Å². The van der Waals surface area contributed by atoms with Crippen LogP contribution in [0.4, 0.5) is 5.69 Å². The van der Waals surface area contributed by atoms with Crippen molar-refractivity contribution in [1.82, 2.24) is 0 Å². The monoisotopic (exact) mass is 302 g/mol. The average molecular weight is 303 g/mol. The van der Waals surface area contributed by atoms with Gasteiger partial charge in [-0.05, 0) is 31.0 Å². The third-order valence-electron chi connectivity index (χ3n) is 3.39. The van der Waals surface area contributed by atoms with Crippen LogP contribution in [0.3, 0.4) is 0 Å². The highest BCUT2D eigenvalue weighted by molar-refractivity contribution is 7.91. The Labute approximate surface area is 119 Å². The molecule has 1 aliphatic rings.